The maximum absolute atomic E-state index is 12.4. The van der Waals surface area contributed by atoms with Crippen molar-refractivity contribution in [3.05, 3.63) is 40.9 Å². The number of halogens is 3. The Morgan fingerprint density at radius 3 is 2.71 bits per heavy atom. The molecule has 2 rings (SSSR count). The molecule has 0 atom stereocenters. The number of rotatable bonds is 6. The number of carbonyl (C=O) groups is 1. The summed E-state index contributed by atoms with van der Waals surface area (Å²) in [4.78, 5) is 17.6. The van der Waals surface area contributed by atoms with Gasteiger partial charge in [0.05, 0.1) is 12.2 Å². The molecule has 0 aliphatic rings. The molecule has 1 N–H and O–H groups in total. The summed E-state index contributed by atoms with van der Waals surface area (Å²) in [6.07, 6.45) is -4.76. The maximum Gasteiger partial charge on any atom is 0.573 e. The van der Waals surface area contributed by atoms with Gasteiger partial charge in [0.15, 0.2) is 5.13 Å². The molecule has 0 aliphatic heterocycles. The second kappa shape index (κ2) is 7.63. The number of aryl methyl sites for hydroxylation is 1. The predicted molar refractivity (Wildman–Crippen MR) is 84.9 cm³/mol. The van der Waals surface area contributed by atoms with Crippen molar-refractivity contribution in [3.8, 4) is 5.75 Å². The van der Waals surface area contributed by atoms with E-state index in [1.165, 1.54) is 29.5 Å². The molecule has 0 spiro atoms. The fourth-order valence-corrected chi connectivity index (χ4v) is 2.73. The van der Waals surface area contributed by atoms with Crippen molar-refractivity contribution in [1.82, 2.24) is 9.88 Å². The van der Waals surface area contributed by atoms with Gasteiger partial charge in [-0.25, -0.2) is 4.98 Å². The molecule has 1 heterocycles. The number of hydrogen-bond acceptors (Lipinski definition) is 5. The summed E-state index contributed by atoms with van der Waals surface area (Å²) in [7, 11) is 1.64. The number of aromatic nitrogens is 1. The first kappa shape index (κ1) is 18.2. The number of hydrogen-bond donors (Lipinski definition) is 1. The third-order valence-corrected chi connectivity index (χ3v) is 3.79. The summed E-state index contributed by atoms with van der Waals surface area (Å²) in [5.41, 5.74) is 1.15. The van der Waals surface area contributed by atoms with Crippen LogP contribution in [0.4, 0.5) is 18.3 Å². The smallest absolute Gasteiger partial charge is 0.405 e. The fourth-order valence-electron chi connectivity index (χ4n) is 2.02. The predicted octanol–water partition coefficient (Wildman–Crippen LogP) is 3.42. The van der Waals surface area contributed by atoms with Gasteiger partial charge >= 0.3 is 6.36 Å². The minimum Gasteiger partial charge on any atom is -0.405 e. The average molecular weight is 359 g/mol. The summed E-state index contributed by atoms with van der Waals surface area (Å²) in [5.74, 6) is -0.561. The fraction of sp³-hybridized carbons (Fsp3) is 0.333. The van der Waals surface area contributed by atoms with Gasteiger partial charge in [-0.3, -0.25) is 9.69 Å². The highest BCUT2D eigenvalue weighted by Crippen LogP contribution is 2.26. The molecule has 1 aromatic heterocycles. The maximum atomic E-state index is 12.4. The van der Waals surface area contributed by atoms with E-state index < -0.39 is 6.36 Å². The molecule has 2 aromatic rings. The van der Waals surface area contributed by atoms with Gasteiger partial charge in [-0.05, 0) is 20.0 Å². The molecule has 0 saturated carbocycles. The van der Waals surface area contributed by atoms with Crippen LogP contribution in [0.5, 0.6) is 5.75 Å². The third kappa shape index (κ3) is 5.82. The van der Waals surface area contributed by atoms with E-state index in [1.807, 2.05) is 12.3 Å². The summed E-state index contributed by atoms with van der Waals surface area (Å²) in [5, 5.41) is 4.95. The lowest BCUT2D eigenvalue weighted by Gasteiger charge is -2.19. The minimum atomic E-state index is -4.76. The molecule has 0 fully saturated rings. The number of likely N-dealkylation sites (N-methyl/N-ethyl adjacent to an activating group) is 1. The van der Waals surface area contributed by atoms with E-state index in [-0.39, 0.29) is 24.7 Å². The molecule has 9 heteroatoms. The number of anilines is 1. The molecule has 5 nitrogen and oxygen atoms in total. The second-order valence-electron chi connectivity index (χ2n) is 5.17. The number of amides is 1. The Morgan fingerprint density at radius 1 is 1.38 bits per heavy atom. The van der Waals surface area contributed by atoms with E-state index in [0.717, 1.165) is 5.69 Å². The lowest BCUT2D eigenvalue weighted by molar-refractivity contribution is -0.275. The number of benzene rings is 1. The average Bonchev–Trinajstić information content (AvgIpc) is 2.84. The number of carbonyl (C=O) groups excluding carboxylic acids is 1. The van der Waals surface area contributed by atoms with Crippen LogP contribution in [-0.4, -0.2) is 35.7 Å². The lowest BCUT2D eigenvalue weighted by atomic mass is 10.2. The van der Waals surface area contributed by atoms with E-state index >= 15 is 0 Å². The van der Waals surface area contributed by atoms with E-state index in [4.69, 9.17) is 0 Å². The Kier molecular flexibility index (Phi) is 5.79. The summed E-state index contributed by atoms with van der Waals surface area (Å²) < 4.78 is 41.2. The van der Waals surface area contributed by atoms with Crippen molar-refractivity contribution in [3.63, 3.8) is 0 Å². The van der Waals surface area contributed by atoms with Crippen LogP contribution < -0.4 is 10.1 Å². The van der Waals surface area contributed by atoms with Crippen molar-refractivity contribution in [1.29, 1.82) is 0 Å². The first-order valence-corrected chi connectivity index (χ1v) is 7.85. The van der Waals surface area contributed by atoms with Gasteiger partial charge in [0.25, 0.3) is 0 Å². The number of nitrogens with one attached hydrogen (secondary N) is 1. The van der Waals surface area contributed by atoms with Gasteiger partial charge in [0.2, 0.25) is 5.91 Å². The Balaban J connectivity index is 1.94. The molecular weight excluding hydrogens is 343 g/mol. The molecule has 0 aliphatic carbocycles. The third-order valence-electron chi connectivity index (χ3n) is 2.92. The van der Waals surface area contributed by atoms with Crippen LogP contribution in [0.25, 0.3) is 0 Å². The molecule has 0 saturated heterocycles. The molecule has 1 amide bonds. The van der Waals surface area contributed by atoms with Gasteiger partial charge < -0.3 is 10.1 Å². The Bertz CT molecular complexity index is 703. The quantitative estimate of drug-likeness (QED) is 0.859. The summed E-state index contributed by atoms with van der Waals surface area (Å²) in [6, 6.07) is 5.85. The molecule has 0 bridgehead atoms. The zero-order valence-electron chi connectivity index (χ0n) is 13.1. The molecular formula is C15H16F3N3O2S. The lowest BCUT2D eigenvalue weighted by Crippen LogP contribution is -2.30. The van der Waals surface area contributed by atoms with Crippen molar-refractivity contribution in [2.75, 3.05) is 18.9 Å². The van der Waals surface area contributed by atoms with Crippen LogP contribution >= 0.6 is 11.3 Å². The highest BCUT2D eigenvalue weighted by molar-refractivity contribution is 7.13. The van der Waals surface area contributed by atoms with Crippen LogP contribution in [0, 0.1) is 6.92 Å². The van der Waals surface area contributed by atoms with Crippen LogP contribution in [0.1, 0.15) is 11.3 Å². The van der Waals surface area contributed by atoms with Crippen LogP contribution in [-0.2, 0) is 11.3 Å². The largest absolute Gasteiger partial charge is 0.573 e. The summed E-state index contributed by atoms with van der Waals surface area (Å²) >= 11 is 1.31. The zero-order chi connectivity index (χ0) is 17.7. The Hall–Kier alpha value is -2.13. The SMILES string of the molecule is Cc1csc(NC(=O)CN(C)Cc2ccccc2OC(F)(F)F)n1. The summed E-state index contributed by atoms with van der Waals surface area (Å²) in [6.45, 7) is 1.96. The van der Waals surface area contributed by atoms with Crippen LogP contribution in [0.3, 0.4) is 0 Å². The highest BCUT2D eigenvalue weighted by Gasteiger charge is 2.32. The molecule has 1 aromatic carbocycles. The van der Waals surface area contributed by atoms with Gasteiger partial charge in [-0.15, -0.1) is 24.5 Å². The standard InChI is InChI=1S/C15H16F3N3O2S/c1-10-9-24-14(19-10)20-13(22)8-21(2)7-11-5-3-4-6-12(11)23-15(16,17)18/h3-6,9H,7-8H2,1-2H3,(H,19,20,22). The minimum absolute atomic E-state index is 0.0129. The van der Waals surface area contributed by atoms with Crippen molar-refractivity contribution < 1.29 is 22.7 Å². The number of nitrogens with zero attached hydrogens (tertiary/aromatic N) is 2. The van der Waals surface area contributed by atoms with E-state index in [2.05, 4.69) is 15.0 Å². The van der Waals surface area contributed by atoms with Gasteiger partial charge in [0, 0.05) is 17.5 Å². The van der Waals surface area contributed by atoms with E-state index in [1.54, 1.807) is 18.0 Å². The van der Waals surface area contributed by atoms with Crippen LogP contribution in [0.2, 0.25) is 0 Å². The normalized spacial score (nSPS) is 11.6. The zero-order valence-corrected chi connectivity index (χ0v) is 13.9. The van der Waals surface area contributed by atoms with Gasteiger partial charge in [-0.2, -0.15) is 0 Å². The molecule has 24 heavy (non-hydrogen) atoms. The first-order valence-electron chi connectivity index (χ1n) is 6.97. The van der Waals surface area contributed by atoms with Crippen molar-refractivity contribution >= 4 is 22.4 Å². The number of thiazole rings is 1. The topological polar surface area (TPSA) is 54.5 Å². The van der Waals surface area contributed by atoms with Crippen molar-refractivity contribution in [2.45, 2.75) is 19.8 Å². The van der Waals surface area contributed by atoms with E-state index in [9.17, 15) is 18.0 Å². The number of para-hydroxylation sites is 1. The number of ether oxygens (including phenoxy) is 1. The Labute approximate surface area is 141 Å². The molecule has 130 valence electrons. The monoisotopic (exact) mass is 359 g/mol. The molecule has 0 unspecified atom stereocenters. The van der Waals surface area contributed by atoms with Crippen molar-refractivity contribution in [2.24, 2.45) is 0 Å². The molecule has 0 radical (unpaired) electrons. The first-order chi connectivity index (χ1) is 11.2. The second-order valence-corrected chi connectivity index (χ2v) is 6.03. The van der Waals surface area contributed by atoms with E-state index in [0.29, 0.717) is 10.7 Å². The van der Waals surface area contributed by atoms with Gasteiger partial charge in [-0.1, -0.05) is 18.2 Å². The highest BCUT2D eigenvalue weighted by atomic mass is 32.1. The van der Waals surface area contributed by atoms with Crippen LogP contribution in [0.15, 0.2) is 29.6 Å². The Morgan fingerprint density at radius 2 is 2.08 bits per heavy atom. The number of alkyl halides is 3. The van der Waals surface area contributed by atoms with Gasteiger partial charge in [0.1, 0.15) is 5.75 Å².